The summed E-state index contributed by atoms with van der Waals surface area (Å²) >= 11 is 3.43. The molecule has 1 aromatic heterocycles. The van der Waals surface area contributed by atoms with E-state index in [0.717, 1.165) is 28.4 Å². The predicted molar refractivity (Wildman–Crippen MR) is 109 cm³/mol. The second kappa shape index (κ2) is 6.93. The molecule has 1 fully saturated rings. The number of hydrogen-bond acceptors (Lipinski definition) is 3. The highest BCUT2D eigenvalue weighted by Gasteiger charge is 2.51. The van der Waals surface area contributed by atoms with Gasteiger partial charge in [-0.1, -0.05) is 57.4 Å². The van der Waals surface area contributed by atoms with Crippen LogP contribution in [0, 0.1) is 13.8 Å². The Morgan fingerprint density at radius 2 is 1.81 bits per heavy atom. The molecule has 138 valence electrons. The van der Waals surface area contributed by atoms with Crippen LogP contribution in [0.15, 0.2) is 53.3 Å². The summed E-state index contributed by atoms with van der Waals surface area (Å²) < 4.78 is 2.77. The fourth-order valence-corrected chi connectivity index (χ4v) is 3.71. The lowest BCUT2D eigenvalue weighted by Gasteiger charge is -2.16. The van der Waals surface area contributed by atoms with Crippen molar-refractivity contribution in [3.63, 3.8) is 0 Å². The van der Waals surface area contributed by atoms with E-state index >= 15 is 0 Å². The molecule has 0 aliphatic heterocycles. The first kappa shape index (κ1) is 17.9. The van der Waals surface area contributed by atoms with Crippen LogP contribution < -0.4 is 5.32 Å². The average Bonchev–Trinajstić information content (AvgIpc) is 3.33. The molecule has 0 unspecified atom stereocenters. The van der Waals surface area contributed by atoms with Gasteiger partial charge in [0.1, 0.15) is 6.33 Å². The van der Waals surface area contributed by atoms with Crippen LogP contribution in [0.25, 0.3) is 0 Å². The number of carbonyl (C=O) groups is 1. The van der Waals surface area contributed by atoms with E-state index < -0.39 is 5.41 Å². The van der Waals surface area contributed by atoms with Gasteiger partial charge in [0.05, 0.1) is 12.0 Å². The number of nitrogens with zero attached hydrogens (tertiary/aromatic N) is 3. The second-order valence-corrected chi connectivity index (χ2v) is 8.22. The maximum absolute atomic E-state index is 12.9. The van der Waals surface area contributed by atoms with E-state index in [2.05, 4.69) is 63.4 Å². The summed E-state index contributed by atoms with van der Waals surface area (Å²) in [5.74, 6) is 0.335. The quantitative estimate of drug-likeness (QED) is 0.660. The van der Waals surface area contributed by atoms with Crippen molar-refractivity contribution in [1.82, 2.24) is 14.8 Å². The Hall–Kier alpha value is -2.47. The van der Waals surface area contributed by atoms with Crippen LogP contribution in [0.3, 0.4) is 0 Å². The Labute approximate surface area is 167 Å². The van der Waals surface area contributed by atoms with E-state index in [1.165, 1.54) is 11.1 Å². The number of benzene rings is 2. The third kappa shape index (κ3) is 3.81. The molecule has 1 aliphatic carbocycles. The first-order chi connectivity index (χ1) is 12.9. The van der Waals surface area contributed by atoms with Crippen molar-refractivity contribution in [3.8, 4) is 0 Å². The molecule has 0 saturated heterocycles. The standard InChI is InChI=1S/C21H21BrN4O/c1-14-9-15(2)11-17(10-14)21(7-8-21)19(27)24-20-23-13-26(25-20)12-16-3-5-18(22)6-4-16/h3-6,9-11,13H,7-8,12H2,1-2H3,(H,24,25,27). The van der Waals surface area contributed by atoms with E-state index in [4.69, 9.17) is 0 Å². The molecule has 2 aromatic carbocycles. The molecular formula is C21H21BrN4O. The highest BCUT2D eigenvalue weighted by Crippen LogP contribution is 2.49. The van der Waals surface area contributed by atoms with Crippen LogP contribution in [0.5, 0.6) is 0 Å². The monoisotopic (exact) mass is 424 g/mol. The molecule has 1 saturated carbocycles. The van der Waals surface area contributed by atoms with Gasteiger partial charge < -0.3 is 0 Å². The zero-order valence-electron chi connectivity index (χ0n) is 15.4. The normalized spacial score (nSPS) is 14.8. The van der Waals surface area contributed by atoms with Gasteiger partial charge in [0.15, 0.2) is 0 Å². The Morgan fingerprint density at radius 1 is 1.15 bits per heavy atom. The van der Waals surface area contributed by atoms with Crippen LogP contribution in [0.4, 0.5) is 5.95 Å². The Morgan fingerprint density at radius 3 is 2.44 bits per heavy atom. The van der Waals surface area contributed by atoms with Gasteiger partial charge in [-0.2, -0.15) is 0 Å². The van der Waals surface area contributed by atoms with Gasteiger partial charge in [0.25, 0.3) is 0 Å². The lowest BCUT2D eigenvalue weighted by atomic mass is 9.92. The molecule has 6 heteroatoms. The number of hydrogen-bond donors (Lipinski definition) is 1. The minimum atomic E-state index is -0.437. The molecule has 27 heavy (non-hydrogen) atoms. The number of halogens is 1. The van der Waals surface area contributed by atoms with E-state index in [-0.39, 0.29) is 5.91 Å². The summed E-state index contributed by atoms with van der Waals surface area (Å²) in [7, 11) is 0. The lowest BCUT2D eigenvalue weighted by molar-refractivity contribution is -0.118. The molecule has 0 radical (unpaired) electrons. The van der Waals surface area contributed by atoms with Crippen molar-refractivity contribution in [2.45, 2.75) is 38.6 Å². The summed E-state index contributed by atoms with van der Waals surface area (Å²) in [4.78, 5) is 17.2. The maximum atomic E-state index is 12.9. The minimum Gasteiger partial charge on any atom is -0.292 e. The van der Waals surface area contributed by atoms with Crippen molar-refractivity contribution in [3.05, 3.63) is 75.5 Å². The molecule has 1 aliphatic rings. The van der Waals surface area contributed by atoms with Crippen LogP contribution in [-0.4, -0.2) is 20.7 Å². The van der Waals surface area contributed by atoms with Crippen LogP contribution >= 0.6 is 15.9 Å². The van der Waals surface area contributed by atoms with Crippen molar-refractivity contribution >= 4 is 27.8 Å². The average molecular weight is 425 g/mol. The van der Waals surface area contributed by atoms with Gasteiger partial charge in [0.2, 0.25) is 11.9 Å². The highest BCUT2D eigenvalue weighted by atomic mass is 79.9. The number of aryl methyl sites for hydroxylation is 2. The van der Waals surface area contributed by atoms with Gasteiger partial charge in [-0.3, -0.25) is 10.1 Å². The number of carbonyl (C=O) groups excluding carboxylic acids is 1. The zero-order chi connectivity index (χ0) is 19.0. The Bertz CT molecular complexity index is 969. The molecule has 0 bridgehead atoms. The summed E-state index contributed by atoms with van der Waals surface area (Å²) in [6.07, 6.45) is 3.37. The molecule has 0 spiro atoms. The van der Waals surface area contributed by atoms with Crippen molar-refractivity contribution in [2.24, 2.45) is 0 Å². The largest absolute Gasteiger partial charge is 0.292 e. The van der Waals surface area contributed by atoms with Crippen molar-refractivity contribution < 1.29 is 4.79 Å². The van der Waals surface area contributed by atoms with Gasteiger partial charge in [-0.15, -0.1) is 5.10 Å². The molecular weight excluding hydrogens is 404 g/mol. The molecule has 1 N–H and O–H groups in total. The smallest absolute Gasteiger partial charge is 0.248 e. The predicted octanol–water partition coefficient (Wildman–Crippen LogP) is 4.38. The first-order valence-electron chi connectivity index (χ1n) is 8.99. The van der Waals surface area contributed by atoms with E-state index in [0.29, 0.717) is 12.5 Å². The highest BCUT2D eigenvalue weighted by molar-refractivity contribution is 9.10. The number of amides is 1. The Balaban J connectivity index is 1.47. The topological polar surface area (TPSA) is 59.8 Å². The van der Waals surface area contributed by atoms with Crippen LogP contribution in [0.2, 0.25) is 0 Å². The lowest BCUT2D eigenvalue weighted by Crippen LogP contribution is -2.28. The Kier molecular flexibility index (Phi) is 4.60. The summed E-state index contributed by atoms with van der Waals surface area (Å²) in [5, 5.41) is 7.31. The summed E-state index contributed by atoms with van der Waals surface area (Å²) in [5.41, 5.74) is 4.14. The third-order valence-electron chi connectivity index (χ3n) is 4.98. The van der Waals surface area contributed by atoms with E-state index in [9.17, 15) is 4.79 Å². The minimum absolute atomic E-state index is 0.0195. The van der Waals surface area contributed by atoms with Gasteiger partial charge in [0, 0.05) is 4.47 Å². The molecule has 3 aromatic rings. The van der Waals surface area contributed by atoms with Crippen LogP contribution in [-0.2, 0) is 16.8 Å². The van der Waals surface area contributed by atoms with E-state index in [1.807, 2.05) is 24.3 Å². The molecule has 5 nitrogen and oxygen atoms in total. The SMILES string of the molecule is Cc1cc(C)cc(C2(C(=O)Nc3ncn(Cc4ccc(Br)cc4)n3)CC2)c1. The fourth-order valence-electron chi connectivity index (χ4n) is 3.45. The second-order valence-electron chi connectivity index (χ2n) is 7.30. The number of nitrogens with one attached hydrogen (secondary N) is 1. The molecule has 1 heterocycles. The molecule has 0 atom stereocenters. The van der Waals surface area contributed by atoms with Gasteiger partial charge in [-0.05, 0) is 49.9 Å². The third-order valence-corrected chi connectivity index (χ3v) is 5.51. The maximum Gasteiger partial charge on any atom is 0.248 e. The zero-order valence-corrected chi connectivity index (χ0v) is 17.0. The molecule has 4 rings (SSSR count). The van der Waals surface area contributed by atoms with Crippen LogP contribution in [0.1, 0.15) is 35.1 Å². The number of aromatic nitrogens is 3. The number of anilines is 1. The van der Waals surface area contributed by atoms with Crippen molar-refractivity contribution in [2.75, 3.05) is 5.32 Å². The van der Waals surface area contributed by atoms with E-state index in [1.54, 1.807) is 11.0 Å². The van der Waals surface area contributed by atoms with Gasteiger partial charge in [-0.25, -0.2) is 9.67 Å². The summed E-state index contributed by atoms with van der Waals surface area (Å²) in [6, 6.07) is 14.4. The first-order valence-corrected chi connectivity index (χ1v) is 9.78. The fraction of sp³-hybridized carbons (Fsp3) is 0.286. The summed E-state index contributed by atoms with van der Waals surface area (Å²) in [6.45, 7) is 4.74. The number of rotatable bonds is 5. The van der Waals surface area contributed by atoms with Crippen molar-refractivity contribution in [1.29, 1.82) is 0 Å². The van der Waals surface area contributed by atoms with Gasteiger partial charge >= 0.3 is 0 Å². The molecule has 1 amide bonds.